The van der Waals surface area contributed by atoms with Crippen LogP contribution in [0.4, 0.5) is 0 Å². The highest BCUT2D eigenvalue weighted by Crippen LogP contribution is 2.42. The van der Waals surface area contributed by atoms with Crippen molar-refractivity contribution in [2.45, 2.75) is 6.92 Å². The number of benzene rings is 1. The highest BCUT2D eigenvalue weighted by molar-refractivity contribution is 8.25. The van der Waals surface area contributed by atoms with Gasteiger partial charge in [-0.2, -0.15) is 0 Å². The summed E-state index contributed by atoms with van der Waals surface area (Å²) >= 11 is 2.98. The molecule has 1 saturated heterocycles. The molecule has 0 atom stereocenters. The number of carbonyl (C=O) groups excluding carboxylic acids is 2. The molecule has 25 heavy (non-hydrogen) atoms. The molecule has 0 unspecified atom stereocenters. The molecule has 8 heteroatoms. The Balaban J connectivity index is 2.52. The van der Waals surface area contributed by atoms with Crippen molar-refractivity contribution in [3.8, 4) is 17.2 Å². The van der Waals surface area contributed by atoms with Gasteiger partial charge in [-0.25, -0.2) is 4.79 Å². The van der Waals surface area contributed by atoms with Crippen LogP contribution in [0.5, 0.6) is 17.2 Å². The van der Waals surface area contributed by atoms with E-state index < -0.39 is 11.8 Å². The maximum atomic E-state index is 13.0. The third kappa shape index (κ3) is 4.24. The summed E-state index contributed by atoms with van der Waals surface area (Å²) in [4.78, 5) is 25.4. The number of rotatable bonds is 7. The molecule has 0 radical (unpaired) electrons. The number of hydrogen-bond donors (Lipinski definition) is 0. The van der Waals surface area contributed by atoms with Crippen LogP contribution in [-0.2, 0) is 9.53 Å². The predicted molar refractivity (Wildman–Crippen MR) is 99.0 cm³/mol. The molecule has 0 aromatic heterocycles. The molecule has 1 aliphatic rings. The van der Waals surface area contributed by atoms with Crippen LogP contribution in [0.1, 0.15) is 17.3 Å². The Morgan fingerprint density at radius 1 is 1.00 bits per heavy atom. The van der Waals surface area contributed by atoms with E-state index in [9.17, 15) is 9.59 Å². The van der Waals surface area contributed by atoms with Gasteiger partial charge in [0.15, 0.2) is 11.5 Å². The minimum Gasteiger partial charge on any atom is -0.493 e. The van der Waals surface area contributed by atoms with E-state index >= 15 is 0 Å². The zero-order valence-corrected chi connectivity index (χ0v) is 16.2. The molecule has 0 aliphatic carbocycles. The van der Waals surface area contributed by atoms with Gasteiger partial charge in [0.1, 0.15) is 5.57 Å². The molecule has 0 bridgehead atoms. The molecule has 0 saturated carbocycles. The van der Waals surface area contributed by atoms with E-state index in [1.165, 1.54) is 57.0 Å². The Hall–Kier alpha value is -1.80. The third-order valence-electron chi connectivity index (χ3n) is 3.39. The van der Waals surface area contributed by atoms with E-state index in [-0.39, 0.29) is 17.7 Å². The maximum Gasteiger partial charge on any atom is 0.343 e. The number of ether oxygens (including phenoxy) is 4. The molecular formula is C17H20O6S2. The van der Waals surface area contributed by atoms with Gasteiger partial charge in [0, 0.05) is 17.1 Å². The second kappa shape index (κ2) is 9.05. The van der Waals surface area contributed by atoms with E-state index in [1.54, 1.807) is 6.92 Å². The van der Waals surface area contributed by atoms with Crippen LogP contribution in [0.15, 0.2) is 21.9 Å². The number of methoxy groups -OCH3 is 3. The fourth-order valence-corrected chi connectivity index (χ4v) is 4.79. The van der Waals surface area contributed by atoms with Crippen molar-refractivity contribution in [1.82, 2.24) is 0 Å². The average Bonchev–Trinajstić information content (AvgIpc) is 3.14. The molecule has 1 aromatic carbocycles. The summed E-state index contributed by atoms with van der Waals surface area (Å²) in [6, 6.07) is 3.07. The first-order valence-corrected chi connectivity index (χ1v) is 9.56. The average molecular weight is 384 g/mol. The molecule has 0 spiro atoms. The van der Waals surface area contributed by atoms with Gasteiger partial charge in [-0.15, -0.1) is 23.5 Å². The monoisotopic (exact) mass is 384 g/mol. The molecule has 1 fully saturated rings. The topological polar surface area (TPSA) is 71.1 Å². The minimum atomic E-state index is -0.613. The number of thioether (sulfide) groups is 2. The maximum absolute atomic E-state index is 13.0. The lowest BCUT2D eigenvalue weighted by atomic mass is 10.0. The first-order chi connectivity index (χ1) is 12.1. The molecule has 2 rings (SSSR count). The van der Waals surface area contributed by atoms with Crippen molar-refractivity contribution in [1.29, 1.82) is 0 Å². The normalized spacial score (nSPS) is 13.4. The summed E-state index contributed by atoms with van der Waals surface area (Å²) in [5, 5.41) is 0. The highest BCUT2D eigenvalue weighted by Gasteiger charge is 2.29. The number of esters is 1. The van der Waals surface area contributed by atoms with E-state index in [0.717, 1.165) is 11.5 Å². The largest absolute Gasteiger partial charge is 0.493 e. The van der Waals surface area contributed by atoms with E-state index in [2.05, 4.69) is 0 Å². The van der Waals surface area contributed by atoms with Crippen LogP contribution in [-0.4, -0.2) is 51.2 Å². The van der Waals surface area contributed by atoms with Crippen molar-refractivity contribution in [2.75, 3.05) is 39.4 Å². The molecule has 1 heterocycles. The Morgan fingerprint density at radius 3 is 2.00 bits per heavy atom. The van der Waals surface area contributed by atoms with Crippen molar-refractivity contribution in [2.24, 2.45) is 0 Å². The lowest BCUT2D eigenvalue weighted by molar-refractivity contribution is -0.138. The van der Waals surface area contributed by atoms with Crippen LogP contribution in [0.3, 0.4) is 0 Å². The van der Waals surface area contributed by atoms with Crippen molar-refractivity contribution < 1.29 is 28.5 Å². The summed E-state index contributed by atoms with van der Waals surface area (Å²) in [6.07, 6.45) is 0. The second-order valence-corrected chi connectivity index (χ2v) is 7.29. The Morgan fingerprint density at radius 2 is 1.56 bits per heavy atom. The summed E-state index contributed by atoms with van der Waals surface area (Å²) in [5.41, 5.74) is 0.335. The number of carbonyl (C=O) groups is 2. The quantitative estimate of drug-likeness (QED) is 0.233. The number of hydrogen-bond acceptors (Lipinski definition) is 8. The Kier molecular flexibility index (Phi) is 7.07. The van der Waals surface area contributed by atoms with Gasteiger partial charge in [-0.05, 0) is 19.1 Å². The smallest absolute Gasteiger partial charge is 0.343 e. The summed E-state index contributed by atoms with van der Waals surface area (Å²) in [5.74, 6) is 1.76. The Bertz CT molecular complexity index is 665. The fourth-order valence-electron chi connectivity index (χ4n) is 2.28. The SMILES string of the molecule is CCOC(=O)C(C(=O)c1cc(OC)c(OC)c(OC)c1)=C1SCCS1. The molecule has 1 aliphatic heterocycles. The molecule has 136 valence electrons. The summed E-state index contributed by atoms with van der Waals surface area (Å²) in [7, 11) is 4.43. The zero-order valence-electron chi connectivity index (χ0n) is 14.5. The van der Waals surface area contributed by atoms with Crippen LogP contribution in [0, 0.1) is 0 Å². The number of Topliss-reactive ketones (excluding diaryl/α,β-unsaturated/α-hetero) is 1. The van der Waals surface area contributed by atoms with Crippen LogP contribution >= 0.6 is 23.5 Å². The van der Waals surface area contributed by atoms with Gasteiger partial charge >= 0.3 is 5.97 Å². The Labute approximate surface area is 155 Å². The van der Waals surface area contributed by atoms with Gasteiger partial charge in [-0.1, -0.05) is 0 Å². The lowest BCUT2D eigenvalue weighted by Crippen LogP contribution is -2.17. The second-order valence-electron chi connectivity index (χ2n) is 4.82. The standard InChI is InChI=1S/C17H20O6S2/c1-5-23-16(19)13(17-24-6-7-25-17)14(18)10-8-11(20-2)15(22-4)12(9-10)21-3/h8-9H,5-7H2,1-4H3. The molecular weight excluding hydrogens is 364 g/mol. The van der Waals surface area contributed by atoms with E-state index in [1.807, 2.05) is 0 Å². The molecule has 6 nitrogen and oxygen atoms in total. The van der Waals surface area contributed by atoms with Gasteiger partial charge in [-0.3, -0.25) is 4.79 Å². The van der Waals surface area contributed by atoms with E-state index in [0.29, 0.717) is 21.5 Å². The highest BCUT2D eigenvalue weighted by atomic mass is 32.2. The molecule has 0 N–H and O–H groups in total. The van der Waals surface area contributed by atoms with Gasteiger partial charge in [0.2, 0.25) is 11.5 Å². The van der Waals surface area contributed by atoms with Crippen LogP contribution < -0.4 is 14.2 Å². The first kappa shape index (κ1) is 19.5. The molecule has 0 amide bonds. The van der Waals surface area contributed by atoms with E-state index in [4.69, 9.17) is 18.9 Å². The summed E-state index contributed by atoms with van der Waals surface area (Å²) in [6.45, 7) is 1.91. The van der Waals surface area contributed by atoms with Crippen molar-refractivity contribution in [3.63, 3.8) is 0 Å². The lowest BCUT2D eigenvalue weighted by Gasteiger charge is -2.15. The molecule has 1 aromatic rings. The van der Waals surface area contributed by atoms with Crippen molar-refractivity contribution in [3.05, 3.63) is 27.5 Å². The third-order valence-corrected chi connectivity index (χ3v) is 6.10. The minimum absolute atomic E-state index is 0.0589. The fraction of sp³-hybridized carbons (Fsp3) is 0.412. The van der Waals surface area contributed by atoms with Gasteiger partial charge in [0.05, 0.1) is 32.2 Å². The van der Waals surface area contributed by atoms with Crippen LogP contribution in [0.2, 0.25) is 0 Å². The van der Waals surface area contributed by atoms with Crippen molar-refractivity contribution >= 4 is 35.3 Å². The number of ketones is 1. The predicted octanol–water partition coefficient (Wildman–Crippen LogP) is 3.15. The zero-order chi connectivity index (χ0) is 18.4. The van der Waals surface area contributed by atoms with Gasteiger partial charge in [0.25, 0.3) is 0 Å². The van der Waals surface area contributed by atoms with Crippen LogP contribution in [0.25, 0.3) is 0 Å². The first-order valence-electron chi connectivity index (χ1n) is 7.59. The van der Waals surface area contributed by atoms with Gasteiger partial charge < -0.3 is 18.9 Å². The summed E-state index contributed by atoms with van der Waals surface area (Å²) < 4.78 is 21.6.